The van der Waals surface area contributed by atoms with Gasteiger partial charge in [-0.05, 0) is 39.1 Å². The fraction of sp³-hybridized carbons (Fsp3) is 1.00. The first-order valence-electron chi connectivity index (χ1n) is 6.41. The number of likely N-dealkylation sites (N-methyl/N-ethyl adjacent to an activating group) is 1. The first-order valence-corrected chi connectivity index (χ1v) is 6.41. The molecule has 98 valence electrons. The summed E-state index contributed by atoms with van der Waals surface area (Å²) in [7, 11) is 0. The average molecular weight is 232 g/mol. The van der Waals surface area contributed by atoms with Gasteiger partial charge in [-0.25, -0.2) is 0 Å². The predicted molar refractivity (Wildman–Crippen MR) is 67.6 cm³/mol. The molecule has 1 atom stereocenters. The maximum Gasteiger partial charge on any atom is 0.0897 e. The van der Waals surface area contributed by atoms with Crippen LogP contribution in [0.3, 0.4) is 0 Å². The molecule has 16 heavy (non-hydrogen) atoms. The van der Waals surface area contributed by atoms with Crippen molar-refractivity contribution in [2.45, 2.75) is 33.3 Å². The zero-order valence-electron chi connectivity index (χ0n) is 11.0. The lowest BCUT2D eigenvalue weighted by molar-refractivity contribution is 0.0595. The lowest BCUT2D eigenvalue weighted by Gasteiger charge is -2.24. The minimum absolute atomic E-state index is 0.146. The first-order chi connectivity index (χ1) is 7.67. The Balaban J connectivity index is 3.69. The van der Waals surface area contributed by atoms with Crippen molar-refractivity contribution in [3.05, 3.63) is 0 Å². The van der Waals surface area contributed by atoms with E-state index in [1.165, 1.54) is 0 Å². The molecule has 0 aliphatic heterocycles. The molecule has 0 amide bonds. The third-order valence-electron chi connectivity index (χ3n) is 2.97. The molecule has 1 unspecified atom stereocenters. The monoisotopic (exact) mass is 232 g/mol. The second kappa shape index (κ2) is 10.0. The highest BCUT2D eigenvalue weighted by Crippen LogP contribution is 1.97. The Bertz CT molecular complexity index is 152. The zero-order chi connectivity index (χ0) is 12.4. The van der Waals surface area contributed by atoms with E-state index >= 15 is 0 Å². The minimum Gasteiger partial charge on any atom is -0.394 e. The lowest BCUT2D eigenvalue weighted by Crippen LogP contribution is -2.36. The molecule has 0 spiro atoms. The van der Waals surface area contributed by atoms with Gasteiger partial charge in [0.2, 0.25) is 0 Å². The van der Waals surface area contributed by atoms with E-state index < -0.39 is 6.10 Å². The highest BCUT2D eigenvalue weighted by Gasteiger charge is 2.09. The van der Waals surface area contributed by atoms with E-state index in [1.807, 2.05) is 0 Å². The van der Waals surface area contributed by atoms with Gasteiger partial charge in [-0.15, -0.1) is 0 Å². The Morgan fingerprint density at radius 1 is 0.938 bits per heavy atom. The molecular weight excluding hydrogens is 204 g/mol. The van der Waals surface area contributed by atoms with E-state index in [0.29, 0.717) is 6.54 Å². The van der Waals surface area contributed by atoms with Crippen LogP contribution in [0.2, 0.25) is 0 Å². The maximum atomic E-state index is 9.36. The topological polar surface area (TPSA) is 46.9 Å². The summed E-state index contributed by atoms with van der Waals surface area (Å²) in [5.74, 6) is 0. The summed E-state index contributed by atoms with van der Waals surface area (Å²) in [6, 6.07) is 0. The fourth-order valence-electron chi connectivity index (χ4n) is 1.79. The molecule has 2 N–H and O–H groups in total. The van der Waals surface area contributed by atoms with E-state index in [4.69, 9.17) is 5.11 Å². The SMILES string of the molecule is CCN(CC)CCCN(CC)CC(O)CO. The van der Waals surface area contributed by atoms with Gasteiger partial charge in [0.1, 0.15) is 0 Å². The predicted octanol–water partition coefficient (Wildman–Crippen LogP) is 0.393. The molecule has 0 fully saturated rings. The number of aliphatic hydroxyl groups is 2. The van der Waals surface area contributed by atoms with E-state index in [0.717, 1.165) is 39.1 Å². The third kappa shape index (κ3) is 7.17. The van der Waals surface area contributed by atoms with Gasteiger partial charge < -0.3 is 20.0 Å². The van der Waals surface area contributed by atoms with Gasteiger partial charge in [-0.2, -0.15) is 0 Å². The van der Waals surface area contributed by atoms with Crippen molar-refractivity contribution in [1.82, 2.24) is 9.80 Å². The number of hydrogen-bond donors (Lipinski definition) is 2. The molecule has 0 aromatic heterocycles. The highest BCUT2D eigenvalue weighted by molar-refractivity contribution is 4.63. The van der Waals surface area contributed by atoms with Crippen LogP contribution in [0.1, 0.15) is 27.2 Å². The molecule has 0 saturated heterocycles. The molecule has 4 heteroatoms. The quantitative estimate of drug-likeness (QED) is 0.572. The highest BCUT2D eigenvalue weighted by atomic mass is 16.3. The van der Waals surface area contributed by atoms with Crippen LogP contribution in [-0.4, -0.2) is 72.0 Å². The number of aliphatic hydroxyl groups excluding tert-OH is 2. The second-order valence-electron chi connectivity index (χ2n) is 4.11. The van der Waals surface area contributed by atoms with Crippen LogP contribution < -0.4 is 0 Å². The lowest BCUT2D eigenvalue weighted by atomic mass is 10.3. The van der Waals surface area contributed by atoms with E-state index in [9.17, 15) is 5.11 Å². The molecule has 0 aliphatic carbocycles. The minimum atomic E-state index is -0.603. The summed E-state index contributed by atoms with van der Waals surface area (Å²) in [4.78, 5) is 4.58. The molecule has 0 aromatic rings. The van der Waals surface area contributed by atoms with E-state index in [2.05, 4.69) is 30.6 Å². The van der Waals surface area contributed by atoms with Gasteiger partial charge >= 0.3 is 0 Å². The molecule has 0 heterocycles. The van der Waals surface area contributed by atoms with Crippen molar-refractivity contribution in [1.29, 1.82) is 0 Å². The summed E-state index contributed by atoms with van der Waals surface area (Å²) in [6.07, 6.45) is 0.515. The van der Waals surface area contributed by atoms with Gasteiger partial charge in [-0.1, -0.05) is 20.8 Å². The van der Waals surface area contributed by atoms with Crippen molar-refractivity contribution >= 4 is 0 Å². The number of nitrogens with zero attached hydrogens (tertiary/aromatic N) is 2. The van der Waals surface area contributed by atoms with Crippen LogP contribution in [0.25, 0.3) is 0 Å². The van der Waals surface area contributed by atoms with Crippen molar-refractivity contribution in [2.75, 3.05) is 45.9 Å². The van der Waals surface area contributed by atoms with Crippen LogP contribution >= 0.6 is 0 Å². The molecule has 0 bridgehead atoms. The molecule has 4 nitrogen and oxygen atoms in total. The van der Waals surface area contributed by atoms with Gasteiger partial charge in [0.25, 0.3) is 0 Å². The van der Waals surface area contributed by atoms with Crippen LogP contribution in [-0.2, 0) is 0 Å². The van der Waals surface area contributed by atoms with Crippen LogP contribution in [0.5, 0.6) is 0 Å². The summed E-state index contributed by atoms with van der Waals surface area (Å²) < 4.78 is 0. The smallest absolute Gasteiger partial charge is 0.0897 e. The largest absolute Gasteiger partial charge is 0.394 e. The average Bonchev–Trinajstić information content (AvgIpc) is 2.32. The van der Waals surface area contributed by atoms with E-state index in [-0.39, 0.29) is 6.61 Å². The van der Waals surface area contributed by atoms with E-state index in [1.54, 1.807) is 0 Å². The Morgan fingerprint density at radius 2 is 1.44 bits per heavy atom. The summed E-state index contributed by atoms with van der Waals surface area (Å²) >= 11 is 0. The van der Waals surface area contributed by atoms with Crippen LogP contribution in [0.15, 0.2) is 0 Å². The first kappa shape index (κ1) is 15.8. The van der Waals surface area contributed by atoms with Crippen molar-refractivity contribution in [3.8, 4) is 0 Å². The normalized spacial score (nSPS) is 13.7. The van der Waals surface area contributed by atoms with Gasteiger partial charge in [0.15, 0.2) is 0 Å². The molecule has 0 aliphatic rings. The standard InChI is InChI=1S/C12H28N2O2/c1-4-13(5-2)8-7-9-14(6-3)10-12(16)11-15/h12,15-16H,4-11H2,1-3H3. The summed E-state index contributed by atoms with van der Waals surface area (Å²) in [5.41, 5.74) is 0. The van der Waals surface area contributed by atoms with Crippen molar-refractivity contribution in [3.63, 3.8) is 0 Å². The van der Waals surface area contributed by atoms with Crippen molar-refractivity contribution in [2.24, 2.45) is 0 Å². The molecular formula is C12H28N2O2. The van der Waals surface area contributed by atoms with Gasteiger partial charge in [0, 0.05) is 6.54 Å². The third-order valence-corrected chi connectivity index (χ3v) is 2.97. The fourth-order valence-corrected chi connectivity index (χ4v) is 1.79. The summed E-state index contributed by atoms with van der Waals surface area (Å²) in [6.45, 7) is 12.1. The molecule has 0 rings (SSSR count). The molecule has 0 saturated carbocycles. The maximum absolute atomic E-state index is 9.36. The Morgan fingerprint density at radius 3 is 1.88 bits per heavy atom. The van der Waals surface area contributed by atoms with Crippen LogP contribution in [0.4, 0.5) is 0 Å². The number of hydrogen-bond acceptors (Lipinski definition) is 4. The Labute approximate surface area is 99.9 Å². The zero-order valence-corrected chi connectivity index (χ0v) is 11.0. The van der Waals surface area contributed by atoms with Crippen molar-refractivity contribution < 1.29 is 10.2 Å². The van der Waals surface area contributed by atoms with Gasteiger partial charge in [-0.3, -0.25) is 0 Å². The molecule has 0 aromatic carbocycles. The molecule has 0 radical (unpaired) electrons. The number of rotatable bonds is 10. The van der Waals surface area contributed by atoms with Gasteiger partial charge in [0.05, 0.1) is 12.7 Å². The van der Waals surface area contributed by atoms with Crippen LogP contribution in [0, 0.1) is 0 Å². The Kier molecular flexibility index (Phi) is 9.92. The second-order valence-corrected chi connectivity index (χ2v) is 4.11. The summed E-state index contributed by atoms with van der Waals surface area (Å²) in [5, 5.41) is 18.1. The Hall–Kier alpha value is -0.160.